The van der Waals surface area contributed by atoms with Crippen molar-refractivity contribution < 1.29 is 4.79 Å². The van der Waals surface area contributed by atoms with Crippen molar-refractivity contribution in [3.63, 3.8) is 0 Å². The molecule has 5 heteroatoms. The van der Waals surface area contributed by atoms with Crippen molar-refractivity contribution >= 4 is 27.7 Å². The average molecular weight is 272 g/mol. The monoisotopic (exact) mass is 271 g/mol. The van der Waals surface area contributed by atoms with Crippen LogP contribution >= 0.6 is 15.9 Å². The summed E-state index contributed by atoms with van der Waals surface area (Å²) in [5.41, 5.74) is 0.862. The van der Waals surface area contributed by atoms with Gasteiger partial charge >= 0.3 is 0 Å². The van der Waals surface area contributed by atoms with Gasteiger partial charge in [0.05, 0.1) is 5.69 Å². The van der Waals surface area contributed by atoms with Gasteiger partial charge in [-0.05, 0) is 42.0 Å². The molecule has 0 radical (unpaired) electrons. The third kappa shape index (κ3) is 3.97. The Bertz CT molecular complexity index is 355. The number of carbonyl (C=O) groups is 1. The van der Waals surface area contributed by atoms with E-state index in [-0.39, 0.29) is 5.91 Å². The molecule has 0 aromatic carbocycles. The second-order valence-corrected chi connectivity index (χ2v) is 4.02. The van der Waals surface area contributed by atoms with E-state index in [2.05, 4.69) is 31.5 Å². The van der Waals surface area contributed by atoms with Crippen molar-refractivity contribution in [1.29, 1.82) is 0 Å². The molecular formula is C10H14BrN3O. The highest BCUT2D eigenvalue weighted by Crippen LogP contribution is 2.16. The van der Waals surface area contributed by atoms with Gasteiger partial charge < -0.3 is 10.6 Å². The third-order valence-corrected chi connectivity index (χ3v) is 2.73. The van der Waals surface area contributed by atoms with E-state index in [1.807, 2.05) is 20.0 Å². The second kappa shape index (κ2) is 5.82. The zero-order chi connectivity index (χ0) is 11.3. The lowest BCUT2D eigenvalue weighted by atomic mass is 10.3. The molecule has 0 atom stereocenters. The molecule has 1 heterocycles. The topological polar surface area (TPSA) is 54.0 Å². The van der Waals surface area contributed by atoms with Gasteiger partial charge in [-0.25, -0.2) is 4.98 Å². The van der Waals surface area contributed by atoms with Gasteiger partial charge in [0.2, 0.25) is 5.91 Å². The van der Waals surface area contributed by atoms with Crippen LogP contribution < -0.4 is 10.6 Å². The Kier molecular flexibility index (Phi) is 4.71. The van der Waals surface area contributed by atoms with Crippen molar-refractivity contribution in [3.8, 4) is 0 Å². The molecule has 0 spiro atoms. The number of aromatic nitrogens is 1. The van der Waals surface area contributed by atoms with Gasteiger partial charge in [-0.1, -0.05) is 0 Å². The maximum atomic E-state index is 11.4. The first-order valence-corrected chi connectivity index (χ1v) is 5.50. The fourth-order valence-corrected chi connectivity index (χ4v) is 1.28. The van der Waals surface area contributed by atoms with Crippen molar-refractivity contribution in [2.45, 2.75) is 13.3 Å². The summed E-state index contributed by atoms with van der Waals surface area (Å²) in [6.07, 6.45) is 0.452. The molecule has 0 saturated heterocycles. The van der Waals surface area contributed by atoms with Crippen LogP contribution in [0.5, 0.6) is 0 Å². The minimum atomic E-state index is -0.0291. The van der Waals surface area contributed by atoms with Gasteiger partial charge in [0, 0.05) is 17.4 Å². The predicted molar refractivity (Wildman–Crippen MR) is 63.8 cm³/mol. The highest BCUT2D eigenvalue weighted by Gasteiger charge is 2.03. The van der Waals surface area contributed by atoms with Crippen LogP contribution in [0.4, 0.5) is 5.82 Å². The van der Waals surface area contributed by atoms with Gasteiger partial charge in [-0.3, -0.25) is 4.79 Å². The molecule has 1 aromatic rings. The number of aryl methyl sites for hydroxylation is 1. The van der Waals surface area contributed by atoms with Crippen LogP contribution in [0.2, 0.25) is 0 Å². The van der Waals surface area contributed by atoms with Crippen LogP contribution in [0.15, 0.2) is 16.6 Å². The van der Waals surface area contributed by atoms with E-state index in [0.29, 0.717) is 18.8 Å². The summed E-state index contributed by atoms with van der Waals surface area (Å²) in [7, 11) is 1.81. The molecule has 4 nitrogen and oxygen atoms in total. The molecule has 0 fully saturated rings. The van der Waals surface area contributed by atoms with Crippen LogP contribution in [0.25, 0.3) is 0 Å². The molecule has 0 aliphatic heterocycles. The Morgan fingerprint density at radius 1 is 1.53 bits per heavy atom. The summed E-state index contributed by atoms with van der Waals surface area (Å²) in [4.78, 5) is 15.6. The zero-order valence-electron chi connectivity index (χ0n) is 8.80. The number of hydrogen-bond donors (Lipinski definition) is 2. The SMILES string of the molecule is CNCCC(=O)Nc1ccc(Br)c(C)n1. The number of rotatable bonds is 4. The molecule has 15 heavy (non-hydrogen) atoms. The number of nitrogens with zero attached hydrogens (tertiary/aromatic N) is 1. The Morgan fingerprint density at radius 3 is 2.87 bits per heavy atom. The maximum absolute atomic E-state index is 11.4. The van der Waals surface area contributed by atoms with E-state index >= 15 is 0 Å². The molecular weight excluding hydrogens is 258 g/mol. The fraction of sp³-hybridized carbons (Fsp3) is 0.400. The molecule has 0 bridgehead atoms. The Balaban J connectivity index is 2.57. The predicted octanol–water partition coefficient (Wildman–Crippen LogP) is 1.70. The second-order valence-electron chi connectivity index (χ2n) is 3.17. The van der Waals surface area contributed by atoms with Gasteiger partial charge in [0.25, 0.3) is 0 Å². The molecule has 0 aliphatic carbocycles. The van der Waals surface area contributed by atoms with E-state index in [4.69, 9.17) is 0 Å². The summed E-state index contributed by atoms with van der Waals surface area (Å²) in [6, 6.07) is 3.64. The molecule has 1 rings (SSSR count). The highest BCUT2D eigenvalue weighted by molar-refractivity contribution is 9.10. The van der Waals surface area contributed by atoms with Crippen LogP contribution in [-0.4, -0.2) is 24.5 Å². The number of halogens is 1. The van der Waals surface area contributed by atoms with E-state index in [1.54, 1.807) is 6.07 Å². The van der Waals surface area contributed by atoms with E-state index in [9.17, 15) is 4.79 Å². The van der Waals surface area contributed by atoms with Crippen LogP contribution in [-0.2, 0) is 4.79 Å². The van der Waals surface area contributed by atoms with Crippen molar-refractivity contribution in [2.75, 3.05) is 18.9 Å². The summed E-state index contributed by atoms with van der Waals surface area (Å²) >= 11 is 3.35. The lowest BCUT2D eigenvalue weighted by Crippen LogP contribution is -2.19. The summed E-state index contributed by atoms with van der Waals surface area (Å²) < 4.78 is 0.940. The smallest absolute Gasteiger partial charge is 0.226 e. The number of anilines is 1. The Labute approximate surface area is 97.6 Å². The third-order valence-electron chi connectivity index (χ3n) is 1.89. The van der Waals surface area contributed by atoms with E-state index in [1.165, 1.54) is 0 Å². The average Bonchev–Trinajstić information content (AvgIpc) is 2.20. The number of pyridine rings is 1. The first-order valence-electron chi connectivity index (χ1n) is 4.71. The molecule has 2 N–H and O–H groups in total. The molecule has 82 valence electrons. The number of carbonyl (C=O) groups excluding carboxylic acids is 1. The van der Waals surface area contributed by atoms with Crippen molar-refractivity contribution in [2.24, 2.45) is 0 Å². The van der Waals surface area contributed by atoms with Crippen LogP contribution in [0.1, 0.15) is 12.1 Å². The Hall–Kier alpha value is -0.940. The Morgan fingerprint density at radius 2 is 2.27 bits per heavy atom. The molecule has 1 aromatic heterocycles. The van der Waals surface area contributed by atoms with E-state index in [0.717, 1.165) is 10.2 Å². The zero-order valence-corrected chi connectivity index (χ0v) is 10.4. The first-order chi connectivity index (χ1) is 7.13. The standard InChI is InChI=1S/C10H14BrN3O/c1-7-8(11)3-4-9(13-7)14-10(15)5-6-12-2/h3-4,12H,5-6H2,1-2H3,(H,13,14,15). The van der Waals surface area contributed by atoms with Gasteiger partial charge in [0.15, 0.2) is 0 Å². The van der Waals surface area contributed by atoms with Gasteiger partial charge in [-0.15, -0.1) is 0 Å². The summed E-state index contributed by atoms with van der Waals surface area (Å²) in [5.74, 6) is 0.565. The largest absolute Gasteiger partial charge is 0.319 e. The van der Waals surface area contributed by atoms with Gasteiger partial charge in [-0.2, -0.15) is 0 Å². The minimum absolute atomic E-state index is 0.0291. The van der Waals surface area contributed by atoms with Crippen molar-refractivity contribution in [1.82, 2.24) is 10.3 Å². The summed E-state index contributed by atoms with van der Waals surface area (Å²) in [5, 5.41) is 5.65. The number of hydrogen-bond acceptors (Lipinski definition) is 3. The lowest BCUT2D eigenvalue weighted by molar-refractivity contribution is -0.116. The highest BCUT2D eigenvalue weighted by atomic mass is 79.9. The summed E-state index contributed by atoms with van der Waals surface area (Å²) in [6.45, 7) is 2.55. The van der Waals surface area contributed by atoms with Gasteiger partial charge in [0.1, 0.15) is 5.82 Å². The van der Waals surface area contributed by atoms with Crippen LogP contribution in [0, 0.1) is 6.92 Å². The maximum Gasteiger partial charge on any atom is 0.226 e. The van der Waals surface area contributed by atoms with Crippen molar-refractivity contribution in [3.05, 3.63) is 22.3 Å². The molecule has 0 saturated carbocycles. The fourth-order valence-electron chi connectivity index (χ4n) is 1.06. The molecule has 0 unspecified atom stereocenters. The first kappa shape index (κ1) is 12.1. The molecule has 1 amide bonds. The minimum Gasteiger partial charge on any atom is -0.319 e. The normalized spacial score (nSPS) is 10.1. The lowest BCUT2D eigenvalue weighted by Gasteiger charge is -2.05. The van der Waals surface area contributed by atoms with Crippen LogP contribution in [0.3, 0.4) is 0 Å². The number of nitrogens with one attached hydrogen (secondary N) is 2. The number of amides is 1. The quantitative estimate of drug-likeness (QED) is 0.877. The van der Waals surface area contributed by atoms with E-state index < -0.39 is 0 Å². The molecule has 0 aliphatic rings.